The van der Waals surface area contributed by atoms with Crippen LogP contribution in [0, 0.1) is 0 Å². The fraction of sp³-hybridized carbons (Fsp3) is 0.438. The molecule has 2 unspecified atom stereocenters. The summed E-state index contributed by atoms with van der Waals surface area (Å²) in [5, 5.41) is 14.9. The van der Waals surface area contributed by atoms with Crippen LogP contribution in [0.1, 0.15) is 26.7 Å². The van der Waals surface area contributed by atoms with Gasteiger partial charge >= 0.3 is 5.97 Å². The Kier molecular flexibility index (Phi) is 13.8. The summed E-state index contributed by atoms with van der Waals surface area (Å²) in [5.74, 6) is -1.08. The molecule has 0 saturated carbocycles. The number of rotatable bonds is 12. The maximum Gasteiger partial charge on any atom is 0.329 e. The molecule has 0 spiro atoms. The van der Waals surface area contributed by atoms with Crippen molar-refractivity contribution < 1.29 is 32.7 Å². The van der Waals surface area contributed by atoms with E-state index >= 15 is 0 Å². The van der Waals surface area contributed by atoms with Crippen LogP contribution in [0.5, 0.6) is 0 Å². The lowest BCUT2D eigenvalue weighted by atomic mass is 10.2. The number of benzene rings is 1. The SMILES string of the molecule is COC(=O)C(CN1CCNCC1)NC(=O)c1ccco1.O=C(NC(CN1CCNCC1)C(=O)NCc1ccccc1)c1ccco1. The zero-order chi connectivity index (χ0) is 32.6. The second-order valence-corrected chi connectivity index (χ2v) is 10.8. The normalized spacial score (nSPS) is 16.6. The first-order valence-electron chi connectivity index (χ1n) is 15.4. The summed E-state index contributed by atoms with van der Waals surface area (Å²) in [6, 6.07) is 14.8. The van der Waals surface area contributed by atoms with Gasteiger partial charge in [0.2, 0.25) is 5.91 Å². The highest BCUT2D eigenvalue weighted by Gasteiger charge is 2.27. The molecule has 5 N–H and O–H groups in total. The average Bonchev–Trinajstić information content (AvgIpc) is 3.84. The Balaban J connectivity index is 0.000000216. The Bertz CT molecular complexity index is 1340. The Labute approximate surface area is 268 Å². The second-order valence-electron chi connectivity index (χ2n) is 10.8. The minimum Gasteiger partial charge on any atom is -0.467 e. The van der Waals surface area contributed by atoms with Gasteiger partial charge in [0.05, 0.1) is 19.6 Å². The fourth-order valence-electron chi connectivity index (χ4n) is 5.00. The number of esters is 1. The zero-order valence-corrected chi connectivity index (χ0v) is 26.0. The van der Waals surface area contributed by atoms with E-state index in [1.165, 1.54) is 19.6 Å². The summed E-state index contributed by atoms with van der Waals surface area (Å²) in [6.07, 6.45) is 2.86. The summed E-state index contributed by atoms with van der Waals surface area (Å²) in [4.78, 5) is 53.0. The van der Waals surface area contributed by atoms with Crippen LogP contribution in [-0.2, 0) is 20.9 Å². The number of hydrogen-bond acceptors (Lipinski definition) is 11. The number of nitrogens with one attached hydrogen (secondary N) is 5. The van der Waals surface area contributed by atoms with Gasteiger partial charge in [0.1, 0.15) is 12.1 Å². The van der Waals surface area contributed by atoms with Crippen molar-refractivity contribution in [1.29, 1.82) is 0 Å². The monoisotopic (exact) mass is 637 g/mol. The van der Waals surface area contributed by atoms with Crippen molar-refractivity contribution in [3.8, 4) is 0 Å². The Morgan fingerprint density at radius 2 is 1.24 bits per heavy atom. The van der Waals surface area contributed by atoms with Crippen molar-refractivity contribution in [3.63, 3.8) is 0 Å². The second kappa shape index (κ2) is 18.5. The van der Waals surface area contributed by atoms with Crippen molar-refractivity contribution in [1.82, 2.24) is 36.4 Å². The maximum atomic E-state index is 12.7. The molecule has 2 aliphatic rings. The van der Waals surface area contributed by atoms with Crippen LogP contribution < -0.4 is 26.6 Å². The molecule has 0 aliphatic carbocycles. The van der Waals surface area contributed by atoms with Gasteiger partial charge in [-0.05, 0) is 29.8 Å². The first-order valence-corrected chi connectivity index (χ1v) is 15.4. The first kappa shape index (κ1) is 34.4. The highest BCUT2D eigenvalue weighted by Crippen LogP contribution is 2.05. The molecular weight excluding hydrogens is 594 g/mol. The third kappa shape index (κ3) is 11.1. The first-order chi connectivity index (χ1) is 22.4. The zero-order valence-electron chi connectivity index (χ0n) is 26.0. The number of carbonyl (C=O) groups is 4. The smallest absolute Gasteiger partial charge is 0.329 e. The molecule has 2 fully saturated rings. The van der Waals surface area contributed by atoms with Gasteiger partial charge in [0, 0.05) is 72.0 Å². The van der Waals surface area contributed by atoms with Gasteiger partial charge in [-0.2, -0.15) is 0 Å². The van der Waals surface area contributed by atoms with Crippen LogP contribution >= 0.6 is 0 Å². The van der Waals surface area contributed by atoms with Gasteiger partial charge in [-0.3, -0.25) is 24.2 Å². The maximum absolute atomic E-state index is 12.7. The average molecular weight is 638 g/mol. The highest BCUT2D eigenvalue weighted by molar-refractivity contribution is 5.95. The number of hydrogen-bond donors (Lipinski definition) is 5. The fourth-order valence-corrected chi connectivity index (χ4v) is 5.00. The van der Waals surface area contributed by atoms with Crippen molar-refractivity contribution >= 4 is 23.7 Å². The molecule has 0 radical (unpaired) electrons. The van der Waals surface area contributed by atoms with Crippen LogP contribution in [0.3, 0.4) is 0 Å². The molecule has 248 valence electrons. The summed E-state index contributed by atoms with van der Waals surface area (Å²) in [7, 11) is 1.31. The molecular formula is C32H43N7O7. The summed E-state index contributed by atoms with van der Waals surface area (Å²) >= 11 is 0. The van der Waals surface area contributed by atoms with E-state index in [1.54, 1.807) is 24.3 Å². The quantitative estimate of drug-likeness (QED) is 0.170. The number of ether oxygens (including phenoxy) is 1. The van der Waals surface area contributed by atoms with E-state index in [4.69, 9.17) is 13.6 Å². The highest BCUT2D eigenvalue weighted by atomic mass is 16.5. The van der Waals surface area contributed by atoms with Crippen LogP contribution in [0.25, 0.3) is 0 Å². The number of nitrogens with zero attached hydrogens (tertiary/aromatic N) is 2. The summed E-state index contributed by atoms with van der Waals surface area (Å²) < 4.78 is 14.9. The molecule has 2 aliphatic heterocycles. The number of furan rings is 2. The van der Waals surface area contributed by atoms with E-state index in [9.17, 15) is 19.2 Å². The van der Waals surface area contributed by atoms with Crippen molar-refractivity contribution in [3.05, 3.63) is 84.2 Å². The molecule has 0 bridgehead atoms. The number of carbonyl (C=O) groups excluding carboxylic acids is 4. The minimum atomic E-state index is -0.698. The van der Waals surface area contributed by atoms with E-state index in [1.807, 2.05) is 30.3 Å². The molecule has 46 heavy (non-hydrogen) atoms. The lowest BCUT2D eigenvalue weighted by Gasteiger charge is -2.30. The summed E-state index contributed by atoms with van der Waals surface area (Å²) in [5.41, 5.74) is 1.01. The number of amides is 3. The largest absolute Gasteiger partial charge is 0.467 e. The molecule has 1 aromatic carbocycles. The van der Waals surface area contributed by atoms with Gasteiger partial charge in [-0.25, -0.2) is 4.79 Å². The van der Waals surface area contributed by atoms with Crippen LogP contribution in [0.2, 0.25) is 0 Å². The van der Waals surface area contributed by atoms with E-state index < -0.39 is 24.0 Å². The van der Waals surface area contributed by atoms with Crippen molar-refractivity contribution in [2.24, 2.45) is 0 Å². The molecule has 3 aromatic rings. The van der Waals surface area contributed by atoms with Gasteiger partial charge in [-0.15, -0.1) is 0 Å². The molecule has 14 nitrogen and oxygen atoms in total. The van der Waals surface area contributed by atoms with Crippen LogP contribution in [0.15, 0.2) is 76.0 Å². The van der Waals surface area contributed by atoms with Gasteiger partial charge in [0.25, 0.3) is 11.8 Å². The van der Waals surface area contributed by atoms with Gasteiger partial charge < -0.3 is 40.2 Å². The van der Waals surface area contributed by atoms with Gasteiger partial charge in [0.15, 0.2) is 11.5 Å². The lowest BCUT2D eigenvalue weighted by molar-refractivity contribution is -0.143. The topological polar surface area (TPSA) is 170 Å². The van der Waals surface area contributed by atoms with E-state index in [0.717, 1.165) is 57.9 Å². The third-order valence-electron chi connectivity index (χ3n) is 7.51. The van der Waals surface area contributed by atoms with Crippen LogP contribution in [0.4, 0.5) is 0 Å². The molecule has 2 saturated heterocycles. The Morgan fingerprint density at radius 1 is 0.739 bits per heavy atom. The van der Waals surface area contributed by atoms with Gasteiger partial charge in [-0.1, -0.05) is 30.3 Å². The Hall–Kier alpha value is -4.50. The molecule has 2 aromatic heterocycles. The van der Waals surface area contributed by atoms with Crippen molar-refractivity contribution in [2.75, 3.05) is 72.6 Å². The van der Waals surface area contributed by atoms with E-state index in [0.29, 0.717) is 19.6 Å². The number of methoxy groups -OCH3 is 1. The lowest BCUT2D eigenvalue weighted by Crippen LogP contribution is -2.55. The molecule has 4 heterocycles. The Morgan fingerprint density at radius 3 is 1.72 bits per heavy atom. The van der Waals surface area contributed by atoms with Crippen LogP contribution in [-0.4, -0.2) is 118 Å². The standard InChI is InChI=1S/C19H24N4O3.C13H19N3O4/c24-18(21-13-15-5-2-1-3-6-15)16(14-23-10-8-20-9-11-23)22-19(25)17-7-4-12-26-17;1-19-13(18)10(9-16-6-4-14-5-7-16)15-12(17)11-3-2-8-20-11/h1-7,12,16,20H,8-11,13-14H2,(H,21,24)(H,22,25);2-3,8,10,14H,4-7,9H2,1H3,(H,15,17). The molecule has 14 heteroatoms. The predicted molar refractivity (Wildman–Crippen MR) is 169 cm³/mol. The third-order valence-corrected chi connectivity index (χ3v) is 7.51. The van der Waals surface area contributed by atoms with E-state index in [-0.39, 0.29) is 23.3 Å². The molecule has 2 atom stereocenters. The van der Waals surface area contributed by atoms with Crippen molar-refractivity contribution in [2.45, 2.75) is 18.6 Å². The summed E-state index contributed by atoms with van der Waals surface area (Å²) in [6.45, 7) is 8.20. The van der Waals surface area contributed by atoms with E-state index in [2.05, 4.69) is 36.4 Å². The molecule has 5 rings (SSSR count). The minimum absolute atomic E-state index is 0.180. The predicted octanol–water partition coefficient (Wildman–Crippen LogP) is 0.0558. The number of piperazine rings is 2. The molecule has 3 amide bonds.